The largest absolute Gasteiger partial charge is 0.465 e. The summed E-state index contributed by atoms with van der Waals surface area (Å²) in [7, 11) is 0. The second-order valence-corrected chi connectivity index (χ2v) is 3.87. The second kappa shape index (κ2) is 3.44. The third-order valence-corrected chi connectivity index (χ3v) is 2.19. The topological polar surface area (TPSA) is 38.3 Å². The Hall–Kier alpha value is -0.570. The average molecular weight is 171 g/mol. The Kier molecular flexibility index (Phi) is 2.73. The van der Waals surface area contributed by atoms with E-state index >= 15 is 0 Å². The minimum absolute atomic E-state index is 0.0834. The zero-order valence-electron chi connectivity index (χ0n) is 8.02. The summed E-state index contributed by atoms with van der Waals surface area (Å²) in [5.41, 5.74) is 0.0947. The van der Waals surface area contributed by atoms with Gasteiger partial charge in [0.15, 0.2) is 0 Å². The zero-order valence-corrected chi connectivity index (χ0v) is 8.02. The summed E-state index contributed by atoms with van der Waals surface area (Å²) < 4.78 is 4.92. The van der Waals surface area contributed by atoms with Crippen molar-refractivity contribution in [2.24, 2.45) is 0 Å². The first-order valence-corrected chi connectivity index (χ1v) is 4.49. The fourth-order valence-corrected chi connectivity index (χ4v) is 1.54. The van der Waals surface area contributed by atoms with Crippen molar-refractivity contribution in [3.63, 3.8) is 0 Å². The third kappa shape index (κ3) is 2.21. The molecule has 70 valence electrons. The van der Waals surface area contributed by atoms with Crippen molar-refractivity contribution in [2.45, 2.75) is 45.2 Å². The molecule has 0 aromatic carbocycles. The summed E-state index contributed by atoms with van der Waals surface area (Å²) in [4.78, 5) is 11.2. The maximum atomic E-state index is 11.2. The Bertz CT molecular complexity index is 177. The van der Waals surface area contributed by atoms with E-state index in [1.807, 2.05) is 6.92 Å². The van der Waals surface area contributed by atoms with Crippen LogP contribution in [0.3, 0.4) is 0 Å². The molecule has 1 N–H and O–H groups in total. The zero-order chi connectivity index (χ0) is 9.19. The first-order chi connectivity index (χ1) is 5.55. The molecule has 3 heteroatoms. The van der Waals surface area contributed by atoms with Gasteiger partial charge >= 0.3 is 5.97 Å². The number of esters is 1. The molecule has 0 aliphatic carbocycles. The molecule has 1 heterocycles. The van der Waals surface area contributed by atoms with Gasteiger partial charge in [-0.05, 0) is 33.6 Å². The highest BCUT2D eigenvalue weighted by molar-refractivity contribution is 5.76. The fraction of sp³-hybridized carbons (Fsp3) is 0.889. The normalized spacial score (nSPS) is 27.1. The molecule has 1 atom stereocenters. The number of ether oxygens (including phenoxy) is 1. The van der Waals surface area contributed by atoms with Crippen molar-refractivity contribution >= 4 is 5.97 Å². The number of nitrogens with one attached hydrogen (secondary N) is 1. The lowest BCUT2D eigenvalue weighted by Gasteiger charge is -2.19. The first kappa shape index (κ1) is 9.52. The maximum absolute atomic E-state index is 11.2. The molecule has 0 spiro atoms. The van der Waals surface area contributed by atoms with E-state index in [9.17, 15) is 4.79 Å². The molecular formula is C9H17NO2. The SMILES string of the molecule is CCOC(=O)[C@@H]1CCC(C)(C)N1. The summed E-state index contributed by atoms with van der Waals surface area (Å²) in [6.45, 7) is 6.51. The van der Waals surface area contributed by atoms with Gasteiger partial charge in [-0.2, -0.15) is 0 Å². The highest BCUT2D eigenvalue weighted by atomic mass is 16.5. The molecule has 1 rings (SSSR count). The minimum Gasteiger partial charge on any atom is -0.465 e. The monoisotopic (exact) mass is 171 g/mol. The molecule has 0 saturated carbocycles. The Labute approximate surface area is 73.5 Å². The summed E-state index contributed by atoms with van der Waals surface area (Å²) in [5, 5.41) is 3.24. The van der Waals surface area contributed by atoms with E-state index in [-0.39, 0.29) is 17.6 Å². The maximum Gasteiger partial charge on any atom is 0.323 e. The lowest BCUT2D eigenvalue weighted by Crippen LogP contribution is -2.42. The number of hydrogen-bond acceptors (Lipinski definition) is 3. The molecule has 12 heavy (non-hydrogen) atoms. The smallest absolute Gasteiger partial charge is 0.323 e. The van der Waals surface area contributed by atoms with Crippen LogP contribution in [0.15, 0.2) is 0 Å². The molecule has 0 bridgehead atoms. The van der Waals surface area contributed by atoms with Gasteiger partial charge in [-0.25, -0.2) is 0 Å². The minimum atomic E-state index is -0.108. The van der Waals surface area contributed by atoms with Crippen molar-refractivity contribution in [3.8, 4) is 0 Å². The summed E-state index contributed by atoms with van der Waals surface area (Å²) in [6, 6.07) is -0.0834. The molecule has 0 aromatic rings. The van der Waals surface area contributed by atoms with Gasteiger partial charge in [-0.3, -0.25) is 10.1 Å². The molecule has 1 aliphatic rings. The van der Waals surface area contributed by atoms with Crippen LogP contribution < -0.4 is 5.32 Å². The first-order valence-electron chi connectivity index (χ1n) is 4.49. The summed E-state index contributed by atoms with van der Waals surface area (Å²) >= 11 is 0. The van der Waals surface area contributed by atoms with E-state index in [0.717, 1.165) is 12.8 Å². The number of rotatable bonds is 2. The standard InChI is InChI=1S/C9H17NO2/c1-4-12-8(11)7-5-6-9(2,3)10-7/h7,10H,4-6H2,1-3H3/t7-/m0/s1. The van der Waals surface area contributed by atoms with Crippen LogP contribution in [0.25, 0.3) is 0 Å². The lowest BCUT2D eigenvalue weighted by molar-refractivity contribution is -0.145. The van der Waals surface area contributed by atoms with E-state index in [4.69, 9.17) is 4.74 Å². The molecular weight excluding hydrogens is 154 g/mol. The Balaban J connectivity index is 2.41. The average Bonchev–Trinajstić information content (AvgIpc) is 2.31. The van der Waals surface area contributed by atoms with Gasteiger partial charge < -0.3 is 4.74 Å². The fourth-order valence-electron chi connectivity index (χ4n) is 1.54. The summed E-state index contributed by atoms with van der Waals surface area (Å²) in [5.74, 6) is -0.108. The van der Waals surface area contributed by atoms with Gasteiger partial charge in [-0.1, -0.05) is 0 Å². The van der Waals surface area contributed by atoms with Gasteiger partial charge in [0.25, 0.3) is 0 Å². The second-order valence-electron chi connectivity index (χ2n) is 3.87. The van der Waals surface area contributed by atoms with E-state index in [1.54, 1.807) is 0 Å². The van der Waals surface area contributed by atoms with Crippen molar-refractivity contribution < 1.29 is 9.53 Å². The van der Waals surface area contributed by atoms with E-state index < -0.39 is 0 Å². The predicted molar refractivity (Wildman–Crippen MR) is 46.9 cm³/mol. The van der Waals surface area contributed by atoms with Crippen LogP contribution in [0.5, 0.6) is 0 Å². The van der Waals surface area contributed by atoms with E-state index in [1.165, 1.54) is 0 Å². The van der Waals surface area contributed by atoms with Gasteiger partial charge in [-0.15, -0.1) is 0 Å². The number of carbonyl (C=O) groups excluding carboxylic acids is 1. The third-order valence-electron chi connectivity index (χ3n) is 2.19. The number of carbonyl (C=O) groups is 1. The highest BCUT2D eigenvalue weighted by Gasteiger charge is 2.34. The Morgan fingerprint density at radius 1 is 1.67 bits per heavy atom. The lowest BCUT2D eigenvalue weighted by atomic mass is 10.0. The van der Waals surface area contributed by atoms with E-state index in [2.05, 4.69) is 19.2 Å². The predicted octanol–water partition coefficient (Wildman–Crippen LogP) is 1.08. The van der Waals surface area contributed by atoms with Crippen LogP contribution in [0, 0.1) is 0 Å². The van der Waals surface area contributed by atoms with Crippen molar-refractivity contribution in [1.29, 1.82) is 0 Å². The highest BCUT2D eigenvalue weighted by Crippen LogP contribution is 2.22. The number of hydrogen-bond donors (Lipinski definition) is 1. The van der Waals surface area contributed by atoms with Crippen molar-refractivity contribution in [3.05, 3.63) is 0 Å². The van der Waals surface area contributed by atoms with Crippen molar-refractivity contribution in [2.75, 3.05) is 6.61 Å². The molecule has 1 fully saturated rings. The van der Waals surface area contributed by atoms with Gasteiger partial charge in [0.05, 0.1) is 6.61 Å². The molecule has 0 amide bonds. The van der Waals surface area contributed by atoms with Crippen LogP contribution in [-0.4, -0.2) is 24.2 Å². The molecule has 3 nitrogen and oxygen atoms in total. The van der Waals surface area contributed by atoms with E-state index in [0.29, 0.717) is 6.61 Å². The van der Waals surface area contributed by atoms with Gasteiger partial charge in [0.1, 0.15) is 6.04 Å². The molecule has 0 unspecified atom stereocenters. The Morgan fingerprint density at radius 3 is 2.75 bits per heavy atom. The van der Waals surface area contributed by atoms with Crippen LogP contribution in [0.1, 0.15) is 33.6 Å². The molecule has 0 radical (unpaired) electrons. The molecule has 1 saturated heterocycles. The van der Waals surface area contributed by atoms with Gasteiger partial charge in [0.2, 0.25) is 0 Å². The van der Waals surface area contributed by atoms with Crippen LogP contribution in [0.2, 0.25) is 0 Å². The van der Waals surface area contributed by atoms with Crippen LogP contribution in [0.4, 0.5) is 0 Å². The summed E-state index contributed by atoms with van der Waals surface area (Å²) in [6.07, 6.45) is 1.93. The van der Waals surface area contributed by atoms with Gasteiger partial charge in [0, 0.05) is 5.54 Å². The molecule has 1 aliphatic heterocycles. The molecule has 0 aromatic heterocycles. The van der Waals surface area contributed by atoms with Crippen molar-refractivity contribution in [1.82, 2.24) is 5.32 Å². The quantitative estimate of drug-likeness (QED) is 0.632. The van der Waals surface area contributed by atoms with Crippen LogP contribution >= 0.6 is 0 Å². The Morgan fingerprint density at radius 2 is 2.33 bits per heavy atom. The van der Waals surface area contributed by atoms with Crippen LogP contribution in [-0.2, 0) is 9.53 Å².